The molecule has 2 aromatic heterocycles. The van der Waals surface area contributed by atoms with Crippen molar-refractivity contribution in [3.8, 4) is 11.5 Å². The van der Waals surface area contributed by atoms with Crippen LogP contribution >= 0.6 is 43.5 Å². The van der Waals surface area contributed by atoms with Gasteiger partial charge in [0.05, 0.1) is 25.0 Å². The van der Waals surface area contributed by atoms with E-state index in [1.807, 2.05) is 98.8 Å². The Morgan fingerprint density at radius 2 is 1.29 bits per heavy atom. The average Bonchev–Trinajstić information content (AvgIpc) is 2.97. The summed E-state index contributed by atoms with van der Waals surface area (Å²) in [5.41, 5.74) is 5.59. The summed E-state index contributed by atoms with van der Waals surface area (Å²) >= 11 is 13.3. The minimum atomic E-state index is 0.0107. The summed E-state index contributed by atoms with van der Waals surface area (Å²) in [6.07, 6.45) is 0. The van der Waals surface area contributed by atoms with Crippen molar-refractivity contribution < 1.29 is 9.47 Å². The normalized spacial score (nSPS) is 10.8. The van der Waals surface area contributed by atoms with Crippen molar-refractivity contribution >= 4 is 65.3 Å². The molecule has 4 aromatic carbocycles. The Kier molecular flexibility index (Phi) is 9.62. The van der Waals surface area contributed by atoms with Gasteiger partial charge in [0.1, 0.15) is 24.7 Å². The molecular formula is C34H27Br2ClN2O3. The largest absolute Gasteiger partial charge is 0.488 e. The number of hydrogen-bond acceptors (Lipinski definition) is 4. The molecule has 0 unspecified atom stereocenters. The molecule has 0 fully saturated rings. The Morgan fingerprint density at radius 3 is 1.88 bits per heavy atom. The molecule has 0 saturated heterocycles. The number of hydrogen-bond donors (Lipinski definition) is 1. The van der Waals surface area contributed by atoms with E-state index < -0.39 is 0 Å². The number of H-pyrrole nitrogens is 1. The minimum absolute atomic E-state index is 0.0107. The van der Waals surface area contributed by atoms with Crippen molar-refractivity contribution in [3.05, 3.63) is 144 Å². The van der Waals surface area contributed by atoms with Crippen LogP contribution in [0.5, 0.6) is 11.5 Å². The highest BCUT2D eigenvalue weighted by Crippen LogP contribution is 2.34. The lowest BCUT2D eigenvalue weighted by molar-refractivity contribution is 0.304. The van der Waals surface area contributed by atoms with E-state index in [0.29, 0.717) is 29.4 Å². The number of rotatable bonds is 6. The van der Waals surface area contributed by atoms with Crippen molar-refractivity contribution in [1.82, 2.24) is 9.97 Å². The Bertz CT molecular complexity index is 1910. The topological polar surface area (TPSA) is 64.2 Å². The van der Waals surface area contributed by atoms with Crippen molar-refractivity contribution in [2.75, 3.05) is 0 Å². The van der Waals surface area contributed by atoms with Crippen LogP contribution in [0, 0.1) is 13.8 Å². The summed E-state index contributed by atoms with van der Waals surface area (Å²) in [4.78, 5) is 19.7. The second-order valence-electron chi connectivity index (χ2n) is 9.74. The number of halogens is 3. The van der Waals surface area contributed by atoms with Crippen molar-refractivity contribution in [3.63, 3.8) is 0 Å². The minimum Gasteiger partial charge on any atom is -0.488 e. The smallest absolute Gasteiger partial charge is 0.189 e. The first kappa shape index (κ1) is 29.8. The molecule has 0 saturated carbocycles. The summed E-state index contributed by atoms with van der Waals surface area (Å²) in [7, 11) is 0. The van der Waals surface area contributed by atoms with Crippen LogP contribution in [-0.2, 0) is 13.2 Å². The predicted molar refractivity (Wildman–Crippen MR) is 178 cm³/mol. The number of aromatic amines is 1. The van der Waals surface area contributed by atoms with Crippen LogP contribution in [0.4, 0.5) is 0 Å². The van der Waals surface area contributed by atoms with E-state index in [1.165, 1.54) is 0 Å². The van der Waals surface area contributed by atoms with Crippen molar-refractivity contribution in [2.45, 2.75) is 27.1 Å². The molecule has 6 aromatic rings. The van der Waals surface area contributed by atoms with Gasteiger partial charge >= 0.3 is 0 Å². The molecule has 6 rings (SSSR count). The van der Waals surface area contributed by atoms with E-state index in [4.69, 9.17) is 21.1 Å². The number of benzene rings is 4. The van der Waals surface area contributed by atoms with E-state index in [-0.39, 0.29) is 5.43 Å². The van der Waals surface area contributed by atoms with Gasteiger partial charge in [0, 0.05) is 40.4 Å². The second-order valence-corrected chi connectivity index (χ2v) is 11.9. The zero-order chi connectivity index (χ0) is 29.6. The second kappa shape index (κ2) is 13.6. The van der Waals surface area contributed by atoms with Gasteiger partial charge in [-0.3, -0.25) is 9.78 Å². The summed E-state index contributed by atoms with van der Waals surface area (Å²) in [5, 5.41) is 2.27. The average molecular weight is 707 g/mol. The lowest BCUT2D eigenvalue weighted by Gasteiger charge is -2.10. The summed E-state index contributed by atoms with van der Waals surface area (Å²) in [6, 6.07) is 31.0. The molecule has 212 valence electrons. The van der Waals surface area contributed by atoms with Gasteiger partial charge in [-0.1, -0.05) is 72.3 Å². The standard InChI is InChI=1S/C17H13BrClNO.C17H14BrNO2/c1-11-7-15(19)13-8-14(18)17(9-16(13)20-11)21-10-12-5-3-2-4-6-12;1-11-7-16(20)13-8-14(18)17(9-15(13)19-11)21-10-12-5-3-2-4-6-12/h2-9H,10H2,1H3;2-9H,10H2,1H3,(H,19,20). The number of nitrogens with zero attached hydrogens (tertiary/aromatic N) is 1. The quantitative estimate of drug-likeness (QED) is 0.187. The maximum absolute atomic E-state index is 12.0. The van der Waals surface area contributed by atoms with Gasteiger partial charge in [-0.15, -0.1) is 0 Å². The molecule has 0 amide bonds. The van der Waals surface area contributed by atoms with Gasteiger partial charge in [-0.2, -0.15) is 0 Å². The molecule has 0 bridgehead atoms. The highest BCUT2D eigenvalue weighted by Gasteiger charge is 2.10. The van der Waals surface area contributed by atoms with Gasteiger partial charge in [-0.05, 0) is 75.0 Å². The molecular weight excluding hydrogens is 680 g/mol. The monoisotopic (exact) mass is 704 g/mol. The van der Waals surface area contributed by atoms with E-state index >= 15 is 0 Å². The zero-order valence-electron chi connectivity index (χ0n) is 23.0. The third kappa shape index (κ3) is 7.40. The van der Waals surface area contributed by atoms with Crippen LogP contribution in [0.25, 0.3) is 21.8 Å². The fourth-order valence-corrected chi connectivity index (χ4v) is 5.61. The van der Waals surface area contributed by atoms with Gasteiger partial charge in [0.2, 0.25) is 0 Å². The van der Waals surface area contributed by atoms with Crippen LogP contribution in [-0.4, -0.2) is 9.97 Å². The third-order valence-electron chi connectivity index (χ3n) is 6.43. The molecule has 0 aliphatic rings. The number of aromatic nitrogens is 2. The first-order chi connectivity index (χ1) is 20.3. The summed E-state index contributed by atoms with van der Waals surface area (Å²) in [6.45, 7) is 4.80. The first-order valence-electron chi connectivity index (χ1n) is 13.2. The van der Waals surface area contributed by atoms with Crippen LogP contribution < -0.4 is 14.9 Å². The molecule has 0 aliphatic heterocycles. The van der Waals surface area contributed by atoms with Crippen LogP contribution in [0.1, 0.15) is 22.5 Å². The Balaban J connectivity index is 0.000000168. The Hall–Kier alpha value is -3.65. The maximum atomic E-state index is 12.0. The van der Waals surface area contributed by atoms with Gasteiger partial charge in [-0.25, -0.2) is 0 Å². The highest BCUT2D eigenvalue weighted by atomic mass is 79.9. The predicted octanol–water partition coefficient (Wildman–Crippen LogP) is 9.72. The number of fused-ring (bicyclic) bond motifs is 2. The molecule has 0 atom stereocenters. The fourth-order valence-electron chi connectivity index (χ4n) is 4.39. The van der Waals surface area contributed by atoms with Crippen LogP contribution in [0.3, 0.4) is 0 Å². The fraction of sp³-hybridized carbons (Fsp3) is 0.118. The molecule has 1 N–H and O–H groups in total. The van der Waals surface area contributed by atoms with E-state index in [1.54, 1.807) is 12.1 Å². The number of ether oxygens (including phenoxy) is 2. The molecule has 0 spiro atoms. The van der Waals surface area contributed by atoms with Gasteiger partial charge in [0.15, 0.2) is 5.43 Å². The van der Waals surface area contributed by atoms with E-state index in [0.717, 1.165) is 53.6 Å². The Labute approximate surface area is 265 Å². The van der Waals surface area contributed by atoms with Gasteiger partial charge < -0.3 is 14.5 Å². The lowest BCUT2D eigenvalue weighted by Crippen LogP contribution is -2.04. The molecule has 42 heavy (non-hydrogen) atoms. The summed E-state index contributed by atoms with van der Waals surface area (Å²) in [5.74, 6) is 1.48. The lowest BCUT2D eigenvalue weighted by atomic mass is 10.2. The SMILES string of the molecule is Cc1cc(=O)c2cc(Br)c(OCc3ccccc3)cc2[nH]1.Cc1cc(Cl)c2cc(Br)c(OCc3ccccc3)cc2n1. The van der Waals surface area contributed by atoms with Crippen molar-refractivity contribution in [2.24, 2.45) is 0 Å². The van der Waals surface area contributed by atoms with E-state index in [2.05, 4.69) is 41.8 Å². The third-order valence-corrected chi connectivity index (χ3v) is 7.98. The molecule has 0 aliphatic carbocycles. The van der Waals surface area contributed by atoms with Gasteiger partial charge in [0.25, 0.3) is 0 Å². The zero-order valence-corrected chi connectivity index (χ0v) is 26.9. The molecule has 0 radical (unpaired) electrons. The van der Waals surface area contributed by atoms with Crippen LogP contribution in [0.15, 0.2) is 111 Å². The molecule has 5 nitrogen and oxygen atoms in total. The van der Waals surface area contributed by atoms with Crippen LogP contribution in [0.2, 0.25) is 5.02 Å². The van der Waals surface area contributed by atoms with E-state index in [9.17, 15) is 4.79 Å². The van der Waals surface area contributed by atoms with Crippen molar-refractivity contribution in [1.29, 1.82) is 0 Å². The Morgan fingerprint density at radius 1 is 0.738 bits per heavy atom. The summed E-state index contributed by atoms with van der Waals surface area (Å²) < 4.78 is 13.4. The molecule has 8 heteroatoms. The number of nitrogens with one attached hydrogen (secondary N) is 1. The highest BCUT2D eigenvalue weighted by molar-refractivity contribution is 9.11. The molecule has 2 heterocycles. The first-order valence-corrected chi connectivity index (χ1v) is 15.2. The number of aryl methyl sites for hydroxylation is 2. The number of pyridine rings is 2. The maximum Gasteiger partial charge on any atom is 0.189 e.